The molecule has 1 rings (SSSR count). The van der Waals surface area contributed by atoms with Crippen LogP contribution in [0.15, 0.2) is 0 Å². The van der Waals surface area contributed by atoms with Gasteiger partial charge in [-0.2, -0.15) is 4.31 Å². The lowest BCUT2D eigenvalue weighted by Gasteiger charge is -2.26. The molecule has 12 heavy (non-hydrogen) atoms. The van der Waals surface area contributed by atoms with Crippen molar-refractivity contribution in [3.63, 3.8) is 0 Å². The second-order valence-electron chi connectivity index (χ2n) is 1.86. The first kappa shape index (κ1) is 10.3. The van der Waals surface area contributed by atoms with Gasteiger partial charge in [-0.1, -0.05) is 0 Å². The first-order valence-electron chi connectivity index (χ1n) is 2.71. The zero-order chi connectivity index (χ0) is 9.41. The lowest BCUT2D eigenvalue weighted by Crippen LogP contribution is -2.17. The average Bonchev–Trinajstić information content (AvgIpc) is 1.82. The zero-order valence-electron chi connectivity index (χ0n) is 5.82. The summed E-state index contributed by atoms with van der Waals surface area (Å²) in [5, 5.41) is 8.00. The number of hydrogen-bond donors (Lipinski definition) is 2. The molecule has 8 nitrogen and oxygen atoms in total. The Morgan fingerprint density at radius 1 is 1.42 bits per heavy atom. The van der Waals surface area contributed by atoms with Gasteiger partial charge in [0.1, 0.15) is 0 Å². The summed E-state index contributed by atoms with van der Waals surface area (Å²) in [4.78, 5) is 8.68. The largest absolute Gasteiger partial charge is 0.513 e. The number of hydrogen-bond acceptors (Lipinski definition) is 7. The van der Waals surface area contributed by atoms with Crippen LogP contribution in [0.4, 0.5) is 0 Å². The van der Waals surface area contributed by atoms with Gasteiger partial charge in [-0.3, -0.25) is 9.05 Å². The second kappa shape index (κ2) is 3.17. The minimum absolute atomic E-state index is 1.19. The summed E-state index contributed by atoms with van der Waals surface area (Å²) in [5.74, 6) is 0. The second-order valence-corrected chi connectivity index (χ2v) is 4.93. The highest BCUT2D eigenvalue weighted by Gasteiger charge is 2.46. The van der Waals surface area contributed by atoms with E-state index in [4.69, 9.17) is 10.2 Å². The average molecular weight is 220 g/mol. The molecule has 0 aromatic heterocycles. The summed E-state index contributed by atoms with van der Waals surface area (Å²) in [6.45, 7) is 1.19. The molecule has 0 aromatic rings. The van der Waals surface area contributed by atoms with Crippen LogP contribution in [-0.4, -0.2) is 16.4 Å². The van der Waals surface area contributed by atoms with E-state index in [0.29, 0.717) is 0 Å². The van der Waals surface area contributed by atoms with Crippen molar-refractivity contribution in [3.05, 3.63) is 0 Å². The van der Waals surface area contributed by atoms with E-state index in [0.717, 1.165) is 0 Å². The molecule has 0 amide bonds. The number of phosphoric acid groups is 2. The van der Waals surface area contributed by atoms with Crippen LogP contribution in [0.2, 0.25) is 0 Å². The molecular formula is C2H6O8P2. The lowest BCUT2D eigenvalue weighted by atomic mass is 10.8. The maximum Gasteiger partial charge on any atom is 0.513 e. The molecule has 0 aromatic carbocycles. The smallest absolute Gasteiger partial charge is 0.302 e. The van der Waals surface area contributed by atoms with E-state index in [1.807, 2.05) is 0 Å². The molecular weight excluding hydrogens is 214 g/mol. The van der Waals surface area contributed by atoms with Gasteiger partial charge < -0.3 is 4.89 Å². The van der Waals surface area contributed by atoms with E-state index in [1.54, 1.807) is 0 Å². The molecule has 1 aliphatic heterocycles. The van der Waals surface area contributed by atoms with Gasteiger partial charge in [0, 0.05) is 0 Å². The molecule has 72 valence electrons. The first-order chi connectivity index (χ1) is 5.37. The van der Waals surface area contributed by atoms with Gasteiger partial charge in [-0.15, -0.1) is 4.67 Å². The van der Waals surface area contributed by atoms with Gasteiger partial charge >= 0.3 is 15.6 Å². The van der Waals surface area contributed by atoms with Crippen molar-refractivity contribution >= 4 is 15.6 Å². The fraction of sp³-hybridized carbons (Fsp3) is 1.00. The molecule has 1 fully saturated rings. The van der Waals surface area contributed by atoms with Crippen LogP contribution in [0.5, 0.6) is 0 Å². The van der Waals surface area contributed by atoms with Crippen LogP contribution in [0, 0.1) is 0 Å². The monoisotopic (exact) mass is 220 g/mol. The third-order valence-corrected chi connectivity index (χ3v) is 3.81. The van der Waals surface area contributed by atoms with E-state index < -0.39 is 21.9 Å². The summed E-state index contributed by atoms with van der Waals surface area (Å²) in [7, 11) is -8.81. The molecule has 1 saturated heterocycles. The predicted octanol–water partition coefficient (Wildman–Crippen LogP) is 1.09. The highest BCUT2D eigenvalue weighted by Crippen LogP contribution is 2.67. The standard InChI is InChI=1S/C2H6O8P2/c1-2-7-11(4,5)10-12(6,8-2)9-3/h2-3H,1H3,(H,4,5). The summed E-state index contributed by atoms with van der Waals surface area (Å²) < 4.78 is 37.1. The summed E-state index contributed by atoms with van der Waals surface area (Å²) in [5.41, 5.74) is 0. The number of rotatable bonds is 1. The molecule has 0 saturated carbocycles. The Hall–Kier alpha value is 0.220. The van der Waals surface area contributed by atoms with Crippen molar-refractivity contribution in [2.75, 3.05) is 0 Å². The van der Waals surface area contributed by atoms with Crippen LogP contribution in [0.25, 0.3) is 0 Å². The maximum atomic E-state index is 10.9. The molecule has 2 N–H and O–H groups in total. The first-order valence-corrected chi connectivity index (χ1v) is 5.67. The van der Waals surface area contributed by atoms with Crippen LogP contribution in [-0.2, 0) is 27.2 Å². The fourth-order valence-corrected chi connectivity index (χ4v) is 2.96. The van der Waals surface area contributed by atoms with Crippen LogP contribution in [0.3, 0.4) is 0 Å². The quantitative estimate of drug-likeness (QED) is 0.383. The Balaban J connectivity index is 2.84. The fourth-order valence-electron chi connectivity index (χ4n) is 0.588. The van der Waals surface area contributed by atoms with Crippen molar-refractivity contribution in [1.82, 2.24) is 0 Å². The van der Waals surface area contributed by atoms with Crippen molar-refractivity contribution in [2.45, 2.75) is 13.2 Å². The highest BCUT2D eigenvalue weighted by atomic mass is 31.3. The normalized spacial score (nSPS) is 49.1. The van der Waals surface area contributed by atoms with E-state index in [1.165, 1.54) is 6.92 Å². The van der Waals surface area contributed by atoms with Crippen molar-refractivity contribution in [1.29, 1.82) is 0 Å². The molecule has 0 spiro atoms. The Labute approximate surface area is 67.2 Å². The van der Waals surface area contributed by atoms with Crippen LogP contribution < -0.4 is 0 Å². The van der Waals surface area contributed by atoms with Gasteiger partial charge in [0.15, 0.2) is 6.29 Å². The van der Waals surface area contributed by atoms with Gasteiger partial charge in [0.25, 0.3) is 0 Å². The topological polar surface area (TPSA) is 112 Å². The molecule has 0 radical (unpaired) electrons. The third-order valence-electron chi connectivity index (χ3n) is 0.862. The van der Waals surface area contributed by atoms with Gasteiger partial charge in [-0.05, 0) is 6.92 Å². The maximum absolute atomic E-state index is 10.9. The van der Waals surface area contributed by atoms with E-state index in [-0.39, 0.29) is 0 Å². The van der Waals surface area contributed by atoms with Crippen molar-refractivity contribution in [3.8, 4) is 0 Å². The molecule has 3 atom stereocenters. The third kappa shape index (κ3) is 2.35. The number of phosphoric ester groups is 1. The van der Waals surface area contributed by atoms with Crippen LogP contribution >= 0.6 is 15.6 Å². The zero-order valence-corrected chi connectivity index (χ0v) is 7.60. The predicted molar refractivity (Wildman–Crippen MR) is 33.9 cm³/mol. The van der Waals surface area contributed by atoms with Crippen molar-refractivity contribution in [2.24, 2.45) is 0 Å². The highest BCUT2D eigenvalue weighted by molar-refractivity contribution is 7.62. The Bertz CT molecular complexity index is 260. The molecule has 10 heteroatoms. The lowest BCUT2D eigenvalue weighted by molar-refractivity contribution is -0.181. The molecule has 0 bridgehead atoms. The van der Waals surface area contributed by atoms with Crippen molar-refractivity contribution < 1.29 is 37.3 Å². The Kier molecular flexibility index (Phi) is 2.72. The summed E-state index contributed by atoms with van der Waals surface area (Å²) in [6.07, 6.45) is -1.26. The Morgan fingerprint density at radius 3 is 2.42 bits per heavy atom. The van der Waals surface area contributed by atoms with E-state index in [2.05, 4.69) is 18.0 Å². The SMILES string of the molecule is CC1OP(=O)(O)OP(=O)(OO)O1. The molecule has 1 aliphatic rings. The van der Waals surface area contributed by atoms with E-state index >= 15 is 0 Å². The molecule has 1 heterocycles. The molecule has 3 unspecified atom stereocenters. The minimum atomic E-state index is -4.45. The van der Waals surface area contributed by atoms with Gasteiger partial charge in [-0.25, -0.2) is 14.4 Å². The molecule has 0 aliphatic carbocycles. The minimum Gasteiger partial charge on any atom is -0.302 e. The van der Waals surface area contributed by atoms with Crippen LogP contribution in [0.1, 0.15) is 6.92 Å². The summed E-state index contributed by atoms with van der Waals surface area (Å²) >= 11 is 0. The Morgan fingerprint density at radius 2 is 2.00 bits per heavy atom. The summed E-state index contributed by atoms with van der Waals surface area (Å²) in [6, 6.07) is 0. The van der Waals surface area contributed by atoms with Gasteiger partial charge in [0.2, 0.25) is 0 Å². The van der Waals surface area contributed by atoms with Gasteiger partial charge in [0.05, 0.1) is 0 Å². The van der Waals surface area contributed by atoms with E-state index in [9.17, 15) is 9.13 Å².